The van der Waals surface area contributed by atoms with Crippen molar-refractivity contribution in [3.63, 3.8) is 0 Å². The minimum absolute atomic E-state index is 0.147. The third kappa shape index (κ3) is 3.43. The molecule has 1 N–H and O–H groups in total. The molecule has 0 bridgehead atoms. The van der Waals surface area contributed by atoms with E-state index < -0.39 is 0 Å². The Bertz CT molecular complexity index is 538. The molecule has 1 aromatic carbocycles. The summed E-state index contributed by atoms with van der Waals surface area (Å²) in [7, 11) is 0. The number of piperazine rings is 1. The van der Waals surface area contributed by atoms with Crippen LogP contribution in [0.3, 0.4) is 0 Å². The second kappa shape index (κ2) is 6.13. The van der Waals surface area contributed by atoms with Crippen LogP contribution < -0.4 is 5.32 Å². The summed E-state index contributed by atoms with van der Waals surface area (Å²) in [5, 5.41) is 3.13. The molecule has 2 heterocycles. The van der Waals surface area contributed by atoms with E-state index in [0.29, 0.717) is 6.42 Å². The Morgan fingerprint density at radius 3 is 2.33 bits per heavy atom. The molecule has 0 aliphatic carbocycles. The average molecular weight is 308 g/mol. The molecular formula is C15H18ClN3O2. The number of nitrogens with zero attached hydrogens (tertiary/aromatic N) is 2. The van der Waals surface area contributed by atoms with Crippen LogP contribution in [0, 0.1) is 0 Å². The van der Waals surface area contributed by atoms with Crippen molar-refractivity contribution in [2.75, 3.05) is 26.2 Å². The van der Waals surface area contributed by atoms with Gasteiger partial charge in [0.05, 0.1) is 12.5 Å². The Morgan fingerprint density at radius 2 is 1.76 bits per heavy atom. The Kier molecular flexibility index (Phi) is 4.24. The van der Waals surface area contributed by atoms with Gasteiger partial charge in [-0.25, -0.2) is 0 Å². The Morgan fingerprint density at radius 1 is 1.10 bits per heavy atom. The second-order valence-electron chi connectivity index (χ2n) is 5.57. The lowest BCUT2D eigenvalue weighted by atomic mass is 10.1. The van der Waals surface area contributed by atoms with E-state index in [9.17, 15) is 9.59 Å². The first kappa shape index (κ1) is 14.5. The van der Waals surface area contributed by atoms with Gasteiger partial charge < -0.3 is 0 Å². The van der Waals surface area contributed by atoms with Gasteiger partial charge in [0.15, 0.2) is 0 Å². The van der Waals surface area contributed by atoms with Crippen molar-refractivity contribution in [1.29, 1.82) is 0 Å². The molecule has 2 aliphatic heterocycles. The van der Waals surface area contributed by atoms with Gasteiger partial charge in [0.2, 0.25) is 11.8 Å². The lowest BCUT2D eigenvalue weighted by molar-refractivity contribution is -0.126. The molecule has 0 unspecified atom stereocenters. The minimum atomic E-state index is -0.268. The summed E-state index contributed by atoms with van der Waals surface area (Å²) in [6, 6.07) is 7.62. The maximum atomic E-state index is 11.7. The predicted molar refractivity (Wildman–Crippen MR) is 79.9 cm³/mol. The highest BCUT2D eigenvalue weighted by Crippen LogP contribution is 2.16. The molecule has 112 valence electrons. The number of carbonyl (C=O) groups is 2. The lowest BCUT2D eigenvalue weighted by Crippen LogP contribution is -2.51. The number of benzene rings is 1. The van der Waals surface area contributed by atoms with Crippen molar-refractivity contribution < 1.29 is 9.59 Å². The standard InChI is InChI=1S/C15H18ClN3O2/c16-12-3-1-11(2-4-12)10-18-5-7-19(8-6-18)13-9-14(20)17-15(13)21/h1-4,13H,5-10H2,(H,17,20,21)/t13-/m1/s1. The summed E-state index contributed by atoms with van der Waals surface area (Å²) in [6.45, 7) is 4.33. The molecule has 2 aliphatic rings. The van der Waals surface area contributed by atoms with Gasteiger partial charge in [-0.1, -0.05) is 23.7 Å². The van der Waals surface area contributed by atoms with Crippen molar-refractivity contribution in [1.82, 2.24) is 15.1 Å². The summed E-state index contributed by atoms with van der Waals surface area (Å²) in [6.07, 6.45) is 0.302. The van der Waals surface area contributed by atoms with E-state index in [2.05, 4.69) is 15.1 Å². The van der Waals surface area contributed by atoms with E-state index >= 15 is 0 Å². The molecule has 0 saturated carbocycles. The van der Waals surface area contributed by atoms with Crippen molar-refractivity contribution in [2.45, 2.75) is 19.0 Å². The number of imide groups is 1. The molecule has 1 atom stereocenters. The molecule has 0 spiro atoms. The van der Waals surface area contributed by atoms with Crippen molar-refractivity contribution in [3.05, 3.63) is 34.9 Å². The fourth-order valence-corrected chi connectivity index (χ4v) is 3.04. The van der Waals surface area contributed by atoms with Crippen LogP contribution in [0.4, 0.5) is 0 Å². The van der Waals surface area contributed by atoms with Crippen molar-refractivity contribution >= 4 is 23.4 Å². The smallest absolute Gasteiger partial charge is 0.244 e. The van der Waals surface area contributed by atoms with E-state index in [4.69, 9.17) is 11.6 Å². The first-order chi connectivity index (χ1) is 10.1. The van der Waals surface area contributed by atoms with Crippen LogP contribution in [0.25, 0.3) is 0 Å². The molecule has 2 saturated heterocycles. The number of rotatable bonds is 3. The Hall–Kier alpha value is -1.43. The van der Waals surface area contributed by atoms with E-state index in [-0.39, 0.29) is 17.9 Å². The molecule has 1 aromatic rings. The van der Waals surface area contributed by atoms with Gasteiger partial charge in [0.25, 0.3) is 0 Å². The zero-order valence-corrected chi connectivity index (χ0v) is 12.5. The lowest BCUT2D eigenvalue weighted by Gasteiger charge is -2.36. The van der Waals surface area contributed by atoms with E-state index in [1.807, 2.05) is 24.3 Å². The van der Waals surface area contributed by atoms with Crippen molar-refractivity contribution in [3.8, 4) is 0 Å². The van der Waals surface area contributed by atoms with Crippen molar-refractivity contribution in [2.24, 2.45) is 0 Å². The zero-order chi connectivity index (χ0) is 14.8. The predicted octanol–water partition coefficient (Wildman–Crippen LogP) is 0.873. The summed E-state index contributed by atoms with van der Waals surface area (Å²) in [5.41, 5.74) is 1.24. The van der Waals surface area contributed by atoms with Gasteiger partial charge in [0.1, 0.15) is 0 Å². The molecular weight excluding hydrogens is 290 g/mol. The molecule has 0 aromatic heterocycles. The van der Waals surface area contributed by atoms with Gasteiger partial charge in [0, 0.05) is 37.7 Å². The van der Waals surface area contributed by atoms with Crippen LogP contribution in [0.1, 0.15) is 12.0 Å². The molecule has 3 rings (SSSR count). The maximum Gasteiger partial charge on any atom is 0.244 e. The fourth-order valence-electron chi connectivity index (χ4n) is 2.92. The normalized spacial score (nSPS) is 24.3. The van der Waals surface area contributed by atoms with Gasteiger partial charge >= 0.3 is 0 Å². The summed E-state index contributed by atoms with van der Waals surface area (Å²) >= 11 is 5.89. The highest BCUT2D eigenvalue weighted by atomic mass is 35.5. The van der Waals surface area contributed by atoms with E-state index in [1.54, 1.807) is 0 Å². The Balaban J connectivity index is 1.52. The maximum absolute atomic E-state index is 11.7. The third-order valence-electron chi connectivity index (χ3n) is 4.11. The van der Waals surface area contributed by atoms with Crippen LogP contribution in [0.5, 0.6) is 0 Å². The molecule has 5 nitrogen and oxygen atoms in total. The number of carbonyl (C=O) groups excluding carboxylic acids is 2. The molecule has 6 heteroatoms. The highest BCUT2D eigenvalue weighted by Gasteiger charge is 2.36. The first-order valence-corrected chi connectivity index (χ1v) is 7.54. The van der Waals surface area contributed by atoms with Gasteiger partial charge in [-0.15, -0.1) is 0 Å². The number of nitrogens with one attached hydrogen (secondary N) is 1. The highest BCUT2D eigenvalue weighted by molar-refractivity contribution is 6.30. The van der Waals surface area contributed by atoms with Crippen LogP contribution in [-0.2, 0) is 16.1 Å². The quantitative estimate of drug-likeness (QED) is 0.842. The first-order valence-electron chi connectivity index (χ1n) is 7.16. The topological polar surface area (TPSA) is 52.7 Å². The number of amides is 2. The largest absolute Gasteiger partial charge is 0.297 e. The summed E-state index contributed by atoms with van der Waals surface area (Å²) in [4.78, 5) is 27.4. The van der Waals surface area contributed by atoms with Crippen LogP contribution >= 0.6 is 11.6 Å². The number of hydrogen-bond donors (Lipinski definition) is 1. The number of halogens is 1. The van der Waals surface area contributed by atoms with Gasteiger partial charge in [-0.3, -0.25) is 24.7 Å². The Labute approximate surface area is 128 Å². The molecule has 0 radical (unpaired) electrons. The molecule has 21 heavy (non-hydrogen) atoms. The SMILES string of the molecule is O=C1C[C@@H](N2CCN(Cc3ccc(Cl)cc3)CC2)C(=O)N1. The minimum Gasteiger partial charge on any atom is -0.297 e. The monoisotopic (exact) mass is 307 g/mol. The molecule has 2 amide bonds. The van der Waals surface area contributed by atoms with Crippen LogP contribution in [0.2, 0.25) is 5.02 Å². The van der Waals surface area contributed by atoms with E-state index in [0.717, 1.165) is 37.7 Å². The van der Waals surface area contributed by atoms with Gasteiger partial charge in [-0.2, -0.15) is 0 Å². The summed E-state index contributed by atoms with van der Waals surface area (Å²) < 4.78 is 0. The number of hydrogen-bond acceptors (Lipinski definition) is 4. The van der Waals surface area contributed by atoms with Crippen LogP contribution in [0.15, 0.2) is 24.3 Å². The third-order valence-corrected chi connectivity index (χ3v) is 4.36. The average Bonchev–Trinajstić information content (AvgIpc) is 2.81. The van der Waals surface area contributed by atoms with Gasteiger partial charge in [-0.05, 0) is 17.7 Å². The molecule has 2 fully saturated rings. The second-order valence-corrected chi connectivity index (χ2v) is 6.01. The van der Waals surface area contributed by atoms with E-state index in [1.165, 1.54) is 5.56 Å². The zero-order valence-electron chi connectivity index (χ0n) is 11.7. The summed E-state index contributed by atoms with van der Waals surface area (Å²) in [5.74, 6) is -0.306. The fraction of sp³-hybridized carbons (Fsp3) is 0.467. The van der Waals surface area contributed by atoms with Crippen LogP contribution in [-0.4, -0.2) is 53.8 Å².